The van der Waals surface area contributed by atoms with E-state index in [4.69, 9.17) is 11.6 Å². The molecule has 0 aliphatic carbocycles. The number of nitro groups is 1. The first kappa shape index (κ1) is 18.6. The van der Waals surface area contributed by atoms with E-state index in [-0.39, 0.29) is 5.69 Å². The van der Waals surface area contributed by atoms with Gasteiger partial charge < -0.3 is 4.90 Å². The number of pyridine rings is 1. The van der Waals surface area contributed by atoms with Gasteiger partial charge in [-0.15, -0.1) is 0 Å². The molecule has 0 unspecified atom stereocenters. The molecule has 0 radical (unpaired) electrons. The third-order valence-electron chi connectivity index (χ3n) is 4.83. The molecule has 0 bridgehead atoms. The van der Waals surface area contributed by atoms with Gasteiger partial charge >= 0.3 is 0 Å². The molecule has 0 spiro atoms. The Bertz CT molecular complexity index is 814. The van der Waals surface area contributed by atoms with E-state index in [1.54, 1.807) is 17.7 Å². The molecule has 1 saturated heterocycles. The van der Waals surface area contributed by atoms with Gasteiger partial charge in [0, 0.05) is 50.9 Å². The fourth-order valence-corrected chi connectivity index (χ4v) is 3.50. The second kappa shape index (κ2) is 7.59. The molecule has 2 aromatic heterocycles. The summed E-state index contributed by atoms with van der Waals surface area (Å²) >= 11 is 6.39. The molecule has 1 aliphatic rings. The fourth-order valence-electron chi connectivity index (χ4n) is 3.30. The lowest BCUT2D eigenvalue weighted by atomic mass is 10.2. The molecule has 8 nitrogen and oxygen atoms in total. The molecule has 3 heterocycles. The number of nitrogens with zero attached hydrogens (tertiary/aromatic N) is 6. The second-order valence-corrected chi connectivity index (χ2v) is 6.90. The summed E-state index contributed by atoms with van der Waals surface area (Å²) in [6.07, 6.45) is 2.21. The van der Waals surface area contributed by atoms with Crippen molar-refractivity contribution in [1.82, 2.24) is 19.7 Å². The number of rotatable bonds is 5. The number of aromatic nitrogens is 3. The van der Waals surface area contributed by atoms with Crippen LogP contribution in [-0.2, 0) is 20.0 Å². The molecule has 140 valence electrons. The van der Waals surface area contributed by atoms with Crippen LogP contribution in [0.15, 0.2) is 12.3 Å². The van der Waals surface area contributed by atoms with Gasteiger partial charge in [-0.2, -0.15) is 5.10 Å². The van der Waals surface area contributed by atoms with Gasteiger partial charge in [-0.25, -0.2) is 4.98 Å². The standard InChI is InChI=1S/C17H23ClN6O2/c1-4-14-13(17(18)21(3)20-14)11-22-5-7-23(8-6-22)16-9-12(2)15(10-19-16)24(25)26/h9-10H,4-8,11H2,1-3H3. The Kier molecular flexibility index (Phi) is 5.43. The van der Waals surface area contributed by atoms with Gasteiger partial charge in [0.05, 0.1) is 10.6 Å². The van der Waals surface area contributed by atoms with E-state index in [1.807, 2.05) is 7.05 Å². The summed E-state index contributed by atoms with van der Waals surface area (Å²) in [7, 11) is 1.87. The smallest absolute Gasteiger partial charge is 0.290 e. The van der Waals surface area contributed by atoms with Crippen molar-refractivity contribution in [3.8, 4) is 0 Å². The first-order valence-electron chi connectivity index (χ1n) is 8.69. The summed E-state index contributed by atoms with van der Waals surface area (Å²) in [5.74, 6) is 0.793. The van der Waals surface area contributed by atoms with Gasteiger partial charge in [0.15, 0.2) is 0 Å². The van der Waals surface area contributed by atoms with Crippen LogP contribution < -0.4 is 4.90 Å². The number of piperazine rings is 1. The van der Waals surface area contributed by atoms with Gasteiger partial charge in [-0.1, -0.05) is 18.5 Å². The van der Waals surface area contributed by atoms with Crippen molar-refractivity contribution in [2.45, 2.75) is 26.8 Å². The van der Waals surface area contributed by atoms with E-state index in [0.717, 1.165) is 56.2 Å². The van der Waals surface area contributed by atoms with E-state index in [9.17, 15) is 10.1 Å². The van der Waals surface area contributed by atoms with Crippen molar-refractivity contribution in [2.24, 2.45) is 7.05 Å². The normalized spacial score (nSPS) is 15.5. The number of hydrogen-bond donors (Lipinski definition) is 0. The van der Waals surface area contributed by atoms with Crippen LogP contribution in [0.4, 0.5) is 11.5 Å². The summed E-state index contributed by atoms with van der Waals surface area (Å²) in [5.41, 5.74) is 2.85. The van der Waals surface area contributed by atoms with Crippen LogP contribution in [0.5, 0.6) is 0 Å². The monoisotopic (exact) mass is 378 g/mol. The summed E-state index contributed by atoms with van der Waals surface area (Å²) in [6.45, 7) is 8.03. The highest BCUT2D eigenvalue weighted by Gasteiger charge is 2.23. The van der Waals surface area contributed by atoms with E-state index in [1.165, 1.54) is 6.20 Å². The highest BCUT2D eigenvalue weighted by atomic mass is 35.5. The Hall–Kier alpha value is -2.19. The predicted molar refractivity (Wildman–Crippen MR) is 101 cm³/mol. The van der Waals surface area contributed by atoms with Crippen molar-refractivity contribution in [1.29, 1.82) is 0 Å². The van der Waals surface area contributed by atoms with Gasteiger partial charge in [-0.05, 0) is 19.4 Å². The van der Waals surface area contributed by atoms with Gasteiger partial charge in [-0.3, -0.25) is 19.7 Å². The molecular weight excluding hydrogens is 356 g/mol. The molecular formula is C17H23ClN6O2. The minimum atomic E-state index is -0.396. The molecule has 1 fully saturated rings. The lowest BCUT2D eigenvalue weighted by molar-refractivity contribution is -0.385. The molecule has 0 atom stereocenters. The topological polar surface area (TPSA) is 80.3 Å². The molecule has 0 amide bonds. The fraction of sp³-hybridized carbons (Fsp3) is 0.529. The van der Waals surface area contributed by atoms with E-state index < -0.39 is 4.92 Å². The summed E-state index contributed by atoms with van der Waals surface area (Å²) in [5, 5.41) is 16.1. The van der Waals surface area contributed by atoms with Crippen molar-refractivity contribution < 1.29 is 4.92 Å². The van der Waals surface area contributed by atoms with Crippen LogP contribution in [0.1, 0.15) is 23.7 Å². The number of hydrogen-bond acceptors (Lipinski definition) is 6. The van der Waals surface area contributed by atoms with Crippen LogP contribution in [0.3, 0.4) is 0 Å². The van der Waals surface area contributed by atoms with Crippen LogP contribution in [-0.4, -0.2) is 50.8 Å². The quantitative estimate of drug-likeness (QED) is 0.587. The minimum Gasteiger partial charge on any atom is -0.354 e. The Morgan fingerprint density at radius 3 is 2.58 bits per heavy atom. The van der Waals surface area contributed by atoms with Crippen molar-refractivity contribution in [3.63, 3.8) is 0 Å². The average Bonchev–Trinajstić information content (AvgIpc) is 2.89. The van der Waals surface area contributed by atoms with Crippen molar-refractivity contribution in [3.05, 3.63) is 44.4 Å². The van der Waals surface area contributed by atoms with E-state index >= 15 is 0 Å². The third kappa shape index (κ3) is 3.66. The lowest BCUT2D eigenvalue weighted by Crippen LogP contribution is -2.46. The maximum atomic E-state index is 10.9. The second-order valence-electron chi connectivity index (χ2n) is 6.54. The maximum absolute atomic E-state index is 10.9. The molecule has 0 saturated carbocycles. The lowest BCUT2D eigenvalue weighted by Gasteiger charge is -2.35. The summed E-state index contributed by atoms with van der Waals surface area (Å²) in [4.78, 5) is 19.3. The third-order valence-corrected chi connectivity index (χ3v) is 5.30. The minimum absolute atomic E-state index is 0.0608. The average molecular weight is 379 g/mol. The first-order valence-corrected chi connectivity index (χ1v) is 9.07. The molecule has 0 N–H and O–H groups in total. The first-order chi connectivity index (χ1) is 12.4. The van der Waals surface area contributed by atoms with Crippen LogP contribution >= 0.6 is 11.6 Å². The number of halogens is 1. The molecule has 1 aliphatic heterocycles. The number of anilines is 1. The van der Waals surface area contributed by atoms with Gasteiger partial charge in [0.2, 0.25) is 0 Å². The van der Waals surface area contributed by atoms with Gasteiger partial charge in [0.25, 0.3) is 5.69 Å². The number of aryl methyl sites for hydroxylation is 3. The molecule has 2 aromatic rings. The predicted octanol–water partition coefficient (Wildman–Crippen LogP) is 2.57. The zero-order chi connectivity index (χ0) is 18.8. The largest absolute Gasteiger partial charge is 0.354 e. The zero-order valence-electron chi connectivity index (χ0n) is 15.3. The van der Waals surface area contributed by atoms with E-state index in [2.05, 4.69) is 26.8 Å². The summed E-state index contributed by atoms with van der Waals surface area (Å²) < 4.78 is 1.73. The van der Waals surface area contributed by atoms with Crippen LogP contribution in [0.25, 0.3) is 0 Å². The van der Waals surface area contributed by atoms with E-state index in [0.29, 0.717) is 10.7 Å². The van der Waals surface area contributed by atoms with Crippen molar-refractivity contribution in [2.75, 3.05) is 31.1 Å². The van der Waals surface area contributed by atoms with Crippen molar-refractivity contribution >= 4 is 23.1 Å². The molecule has 26 heavy (non-hydrogen) atoms. The SMILES string of the molecule is CCc1nn(C)c(Cl)c1CN1CCN(c2cc(C)c([N+](=O)[O-])cn2)CC1. The molecule has 9 heteroatoms. The highest BCUT2D eigenvalue weighted by molar-refractivity contribution is 6.30. The Labute approximate surface area is 157 Å². The Morgan fingerprint density at radius 2 is 2.00 bits per heavy atom. The Balaban J connectivity index is 1.65. The Morgan fingerprint density at radius 1 is 1.31 bits per heavy atom. The maximum Gasteiger partial charge on any atom is 0.290 e. The zero-order valence-corrected chi connectivity index (χ0v) is 16.0. The van der Waals surface area contributed by atoms with Crippen LogP contribution in [0.2, 0.25) is 5.15 Å². The van der Waals surface area contributed by atoms with Crippen LogP contribution in [0, 0.1) is 17.0 Å². The molecule has 0 aromatic carbocycles. The van der Waals surface area contributed by atoms with Gasteiger partial charge in [0.1, 0.15) is 17.2 Å². The molecule has 3 rings (SSSR count). The summed E-state index contributed by atoms with van der Waals surface area (Å²) in [6, 6.07) is 1.79. The highest BCUT2D eigenvalue weighted by Crippen LogP contribution is 2.24.